The predicted octanol–water partition coefficient (Wildman–Crippen LogP) is 1.47. The Kier molecular flexibility index (Phi) is 4.55. The SMILES string of the molecule is COC(=O)c1ccc(NCc2cc(N)ccc2OC)nn1. The van der Waals surface area contributed by atoms with Crippen LogP contribution in [0.15, 0.2) is 30.3 Å². The van der Waals surface area contributed by atoms with Gasteiger partial charge in [-0.1, -0.05) is 0 Å². The Morgan fingerprint density at radius 1 is 1.24 bits per heavy atom. The Morgan fingerprint density at radius 2 is 2.05 bits per heavy atom. The van der Waals surface area contributed by atoms with Crippen molar-refractivity contribution >= 4 is 17.5 Å². The first-order valence-corrected chi connectivity index (χ1v) is 6.22. The monoisotopic (exact) mass is 288 g/mol. The second kappa shape index (κ2) is 6.56. The van der Waals surface area contributed by atoms with Crippen LogP contribution in [-0.4, -0.2) is 30.4 Å². The number of nitrogens with two attached hydrogens (primary N) is 1. The molecule has 0 saturated carbocycles. The number of aromatic nitrogens is 2. The Hall–Kier alpha value is -2.83. The van der Waals surface area contributed by atoms with Gasteiger partial charge in [-0.05, 0) is 30.3 Å². The summed E-state index contributed by atoms with van der Waals surface area (Å²) < 4.78 is 9.82. The average molecular weight is 288 g/mol. The van der Waals surface area contributed by atoms with Crippen molar-refractivity contribution in [3.63, 3.8) is 0 Å². The van der Waals surface area contributed by atoms with Gasteiger partial charge >= 0.3 is 5.97 Å². The van der Waals surface area contributed by atoms with E-state index in [0.29, 0.717) is 18.1 Å². The van der Waals surface area contributed by atoms with Gasteiger partial charge in [0.15, 0.2) is 5.69 Å². The van der Waals surface area contributed by atoms with Crippen molar-refractivity contribution in [2.75, 3.05) is 25.3 Å². The zero-order valence-electron chi connectivity index (χ0n) is 11.8. The molecule has 3 N–H and O–H groups in total. The lowest BCUT2D eigenvalue weighted by atomic mass is 10.2. The van der Waals surface area contributed by atoms with E-state index in [1.54, 1.807) is 25.3 Å². The number of anilines is 2. The first-order chi connectivity index (χ1) is 10.1. The van der Waals surface area contributed by atoms with Gasteiger partial charge in [-0.3, -0.25) is 0 Å². The first kappa shape index (κ1) is 14.6. The minimum atomic E-state index is -0.522. The van der Waals surface area contributed by atoms with Crippen LogP contribution in [0.4, 0.5) is 11.5 Å². The molecule has 0 aliphatic rings. The van der Waals surface area contributed by atoms with Crippen LogP contribution in [0, 0.1) is 0 Å². The van der Waals surface area contributed by atoms with E-state index in [0.717, 1.165) is 11.3 Å². The highest BCUT2D eigenvalue weighted by Gasteiger charge is 2.08. The number of hydrogen-bond donors (Lipinski definition) is 2. The van der Waals surface area contributed by atoms with Crippen LogP contribution in [-0.2, 0) is 11.3 Å². The molecule has 0 radical (unpaired) electrons. The number of esters is 1. The fourth-order valence-electron chi connectivity index (χ4n) is 1.76. The summed E-state index contributed by atoms with van der Waals surface area (Å²) in [7, 11) is 2.89. The fourth-order valence-corrected chi connectivity index (χ4v) is 1.76. The van der Waals surface area contributed by atoms with Gasteiger partial charge in [0.25, 0.3) is 0 Å². The van der Waals surface area contributed by atoms with Gasteiger partial charge in [0.05, 0.1) is 14.2 Å². The number of carbonyl (C=O) groups excluding carboxylic acids is 1. The summed E-state index contributed by atoms with van der Waals surface area (Å²) in [6.07, 6.45) is 0. The van der Waals surface area contributed by atoms with Crippen LogP contribution in [0.25, 0.3) is 0 Å². The molecule has 0 fully saturated rings. The number of ether oxygens (including phenoxy) is 2. The molecular formula is C14H16N4O3. The number of nitrogens with zero attached hydrogens (tertiary/aromatic N) is 2. The minimum absolute atomic E-state index is 0.157. The second-order valence-corrected chi connectivity index (χ2v) is 4.22. The van der Waals surface area contributed by atoms with Crippen molar-refractivity contribution in [3.05, 3.63) is 41.6 Å². The molecule has 21 heavy (non-hydrogen) atoms. The van der Waals surface area contributed by atoms with Crippen molar-refractivity contribution in [2.45, 2.75) is 6.54 Å². The second-order valence-electron chi connectivity index (χ2n) is 4.22. The van der Waals surface area contributed by atoms with Crippen molar-refractivity contribution in [1.82, 2.24) is 10.2 Å². The maximum absolute atomic E-state index is 11.2. The lowest BCUT2D eigenvalue weighted by molar-refractivity contribution is 0.0593. The first-order valence-electron chi connectivity index (χ1n) is 6.22. The molecule has 0 bridgehead atoms. The number of nitrogens with one attached hydrogen (secondary N) is 1. The van der Waals surface area contributed by atoms with E-state index in [2.05, 4.69) is 20.3 Å². The Balaban J connectivity index is 2.06. The highest BCUT2D eigenvalue weighted by atomic mass is 16.5. The van der Waals surface area contributed by atoms with Crippen molar-refractivity contribution in [3.8, 4) is 5.75 Å². The fraction of sp³-hybridized carbons (Fsp3) is 0.214. The molecule has 110 valence electrons. The summed E-state index contributed by atoms with van der Waals surface area (Å²) >= 11 is 0. The lowest BCUT2D eigenvalue weighted by Crippen LogP contribution is -2.08. The third kappa shape index (κ3) is 3.59. The van der Waals surface area contributed by atoms with E-state index in [1.807, 2.05) is 6.07 Å². The third-order valence-corrected chi connectivity index (χ3v) is 2.82. The molecule has 0 unspecified atom stereocenters. The summed E-state index contributed by atoms with van der Waals surface area (Å²) in [5.41, 5.74) is 7.47. The van der Waals surface area contributed by atoms with E-state index in [1.165, 1.54) is 13.2 Å². The molecule has 2 aromatic rings. The van der Waals surface area contributed by atoms with Crippen LogP contribution >= 0.6 is 0 Å². The Morgan fingerprint density at radius 3 is 2.67 bits per heavy atom. The Labute approximate surface area is 122 Å². The number of benzene rings is 1. The largest absolute Gasteiger partial charge is 0.496 e. The molecule has 0 saturated heterocycles. The van der Waals surface area contributed by atoms with Gasteiger partial charge in [0, 0.05) is 17.8 Å². The van der Waals surface area contributed by atoms with E-state index in [4.69, 9.17) is 10.5 Å². The van der Waals surface area contributed by atoms with Crippen LogP contribution in [0.2, 0.25) is 0 Å². The van der Waals surface area contributed by atoms with E-state index in [-0.39, 0.29) is 5.69 Å². The maximum Gasteiger partial charge on any atom is 0.358 e. The normalized spacial score (nSPS) is 10.0. The molecule has 1 aromatic heterocycles. The molecule has 2 rings (SSSR count). The molecule has 1 heterocycles. The number of nitrogen functional groups attached to an aromatic ring is 1. The predicted molar refractivity (Wildman–Crippen MR) is 78.1 cm³/mol. The van der Waals surface area contributed by atoms with Crippen molar-refractivity contribution < 1.29 is 14.3 Å². The van der Waals surface area contributed by atoms with Gasteiger partial charge in [-0.2, -0.15) is 0 Å². The molecule has 0 amide bonds. The smallest absolute Gasteiger partial charge is 0.358 e. The molecule has 0 atom stereocenters. The topological polar surface area (TPSA) is 99.4 Å². The van der Waals surface area contributed by atoms with Crippen molar-refractivity contribution in [2.24, 2.45) is 0 Å². The van der Waals surface area contributed by atoms with Gasteiger partial charge in [0.2, 0.25) is 0 Å². The number of hydrogen-bond acceptors (Lipinski definition) is 7. The highest BCUT2D eigenvalue weighted by Crippen LogP contribution is 2.21. The standard InChI is InChI=1S/C14H16N4O3/c1-20-12-5-3-10(15)7-9(12)8-16-13-6-4-11(17-18-13)14(19)21-2/h3-7H,8,15H2,1-2H3,(H,16,18). The maximum atomic E-state index is 11.2. The summed E-state index contributed by atoms with van der Waals surface area (Å²) in [6, 6.07) is 8.59. The van der Waals surface area contributed by atoms with Crippen LogP contribution in [0.5, 0.6) is 5.75 Å². The molecule has 0 aliphatic carbocycles. The molecule has 7 heteroatoms. The number of methoxy groups -OCH3 is 2. The molecule has 0 spiro atoms. The average Bonchev–Trinajstić information content (AvgIpc) is 2.52. The zero-order chi connectivity index (χ0) is 15.2. The summed E-state index contributed by atoms with van der Waals surface area (Å²) in [4.78, 5) is 11.2. The lowest BCUT2D eigenvalue weighted by Gasteiger charge is -2.10. The third-order valence-electron chi connectivity index (χ3n) is 2.82. The quantitative estimate of drug-likeness (QED) is 0.634. The number of carbonyl (C=O) groups is 1. The van der Waals surface area contributed by atoms with Crippen LogP contribution in [0.1, 0.15) is 16.1 Å². The minimum Gasteiger partial charge on any atom is -0.496 e. The van der Waals surface area contributed by atoms with Gasteiger partial charge < -0.3 is 20.5 Å². The summed E-state index contributed by atoms with van der Waals surface area (Å²) in [5, 5.41) is 10.8. The molecular weight excluding hydrogens is 272 g/mol. The van der Waals surface area contributed by atoms with Gasteiger partial charge in [-0.25, -0.2) is 4.79 Å². The van der Waals surface area contributed by atoms with Crippen LogP contribution < -0.4 is 15.8 Å². The van der Waals surface area contributed by atoms with E-state index in [9.17, 15) is 4.79 Å². The van der Waals surface area contributed by atoms with Crippen LogP contribution in [0.3, 0.4) is 0 Å². The number of rotatable bonds is 5. The molecule has 1 aromatic carbocycles. The molecule has 7 nitrogen and oxygen atoms in total. The van der Waals surface area contributed by atoms with E-state index < -0.39 is 5.97 Å². The highest BCUT2D eigenvalue weighted by molar-refractivity contribution is 5.86. The molecule has 0 aliphatic heterocycles. The zero-order valence-corrected chi connectivity index (χ0v) is 11.8. The summed E-state index contributed by atoms with van der Waals surface area (Å²) in [6.45, 7) is 0.473. The summed E-state index contributed by atoms with van der Waals surface area (Å²) in [5.74, 6) is 0.745. The van der Waals surface area contributed by atoms with Crippen molar-refractivity contribution in [1.29, 1.82) is 0 Å². The van der Waals surface area contributed by atoms with Gasteiger partial charge in [-0.15, -0.1) is 10.2 Å². The van der Waals surface area contributed by atoms with E-state index >= 15 is 0 Å². The van der Waals surface area contributed by atoms with Gasteiger partial charge in [0.1, 0.15) is 11.6 Å². The Bertz CT molecular complexity index is 629.